The van der Waals surface area contributed by atoms with Crippen molar-refractivity contribution in [3.05, 3.63) is 58.6 Å². The van der Waals surface area contributed by atoms with Gasteiger partial charge in [-0.15, -0.1) is 0 Å². The van der Waals surface area contributed by atoms with Crippen LogP contribution in [0.3, 0.4) is 0 Å². The zero-order valence-electron chi connectivity index (χ0n) is 14.4. The Kier molecular flexibility index (Phi) is 6.62. The van der Waals surface area contributed by atoms with Crippen molar-refractivity contribution in [1.29, 1.82) is 0 Å². The van der Waals surface area contributed by atoms with Crippen LogP contribution in [0.5, 0.6) is 0 Å². The van der Waals surface area contributed by atoms with Crippen LogP contribution in [0, 0.1) is 17.8 Å². The Balaban J connectivity index is 1.55. The van der Waals surface area contributed by atoms with Crippen molar-refractivity contribution in [2.45, 2.75) is 38.5 Å². The lowest BCUT2D eigenvalue weighted by Crippen LogP contribution is -2.21. The molecular weight excluding hydrogens is 376 g/mol. The second-order valence-corrected chi connectivity index (χ2v) is 7.64. The highest BCUT2D eigenvalue weighted by molar-refractivity contribution is 9.10. The van der Waals surface area contributed by atoms with Gasteiger partial charge >= 0.3 is 0 Å². The fraction of sp³-hybridized carbons (Fsp3) is 0.429. The standard InChI is InChI=1S/C21H25BrN2O/c22-19-14-10-9-11-16(19)15-23-24-21(25)20-17-12-7-5-3-1-2-4-6-8-13-18(17)20/h3-6,9-11,14-15,17-18,20H,1-2,7-8,12-13H2,(H,24,25)/b5-3?,6-4?,23-15-/t17-,18-,20?/m1/s1. The van der Waals surface area contributed by atoms with Crippen LogP contribution < -0.4 is 5.43 Å². The van der Waals surface area contributed by atoms with E-state index in [1.54, 1.807) is 6.21 Å². The number of rotatable bonds is 3. The Morgan fingerprint density at radius 3 is 2.24 bits per heavy atom. The predicted molar refractivity (Wildman–Crippen MR) is 106 cm³/mol. The molecule has 3 nitrogen and oxygen atoms in total. The molecule has 2 aliphatic carbocycles. The zero-order chi connectivity index (χ0) is 17.5. The number of carbonyl (C=O) groups excluding carboxylic acids is 1. The van der Waals surface area contributed by atoms with Gasteiger partial charge < -0.3 is 0 Å². The maximum Gasteiger partial charge on any atom is 0.243 e. The molecule has 2 aliphatic rings. The number of allylic oxidation sites excluding steroid dienone is 4. The van der Waals surface area contributed by atoms with Crippen molar-refractivity contribution >= 4 is 28.1 Å². The molecule has 1 N–H and O–H groups in total. The van der Waals surface area contributed by atoms with Crippen molar-refractivity contribution < 1.29 is 4.79 Å². The molecule has 3 rings (SSSR count). The third-order valence-electron chi connectivity index (χ3n) is 5.08. The van der Waals surface area contributed by atoms with E-state index in [2.05, 4.69) is 50.8 Å². The smallest absolute Gasteiger partial charge is 0.243 e. The van der Waals surface area contributed by atoms with Gasteiger partial charge in [0.2, 0.25) is 5.91 Å². The summed E-state index contributed by atoms with van der Waals surface area (Å²) in [5.41, 5.74) is 3.71. The third-order valence-corrected chi connectivity index (χ3v) is 5.81. The summed E-state index contributed by atoms with van der Waals surface area (Å²) in [6, 6.07) is 7.83. The van der Waals surface area contributed by atoms with Crippen LogP contribution in [0.1, 0.15) is 44.1 Å². The van der Waals surface area contributed by atoms with Crippen LogP contribution >= 0.6 is 15.9 Å². The largest absolute Gasteiger partial charge is 0.273 e. The van der Waals surface area contributed by atoms with E-state index in [1.807, 2.05) is 24.3 Å². The molecule has 0 bridgehead atoms. The van der Waals surface area contributed by atoms with E-state index in [4.69, 9.17) is 0 Å². The first kappa shape index (κ1) is 18.1. The van der Waals surface area contributed by atoms with Crippen LogP contribution in [0.2, 0.25) is 0 Å². The van der Waals surface area contributed by atoms with Gasteiger partial charge in [0.15, 0.2) is 0 Å². The number of carbonyl (C=O) groups is 1. The van der Waals surface area contributed by atoms with Gasteiger partial charge in [0.25, 0.3) is 0 Å². The molecule has 0 spiro atoms. The van der Waals surface area contributed by atoms with Gasteiger partial charge in [-0.25, -0.2) is 5.43 Å². The SMILES string of the molecule is O=C(N/N=C\c1ccccc1Br)C1[C@@H]2CCC=CCCC=CCC[C@@H]12. The van der Waals surface area contributed by atoms with E-state index in [0.29, 0.717) is 11.8 Å². The van der Waals surface area contributed by atoms with Crippen LogP contribution in [-0.4, -0.2) is 12.1 Å². The number of halogens is 1. The number of nitrogens with one attached hydrogen (secondary N) is 1. The number of fused-ring (bicyclic) bond motifs is 1. The molecule has 0 unspecified atom stereocenters. The van der Waals surface area contributed by atoms with E-state index in [1.165, 1.54) is 0 Å². The number of hydrazone groups is 1. The van der Waals surface area contributed by atoms with Gasteiger partial charge in [-0.05, 0) is 56.4 Å². The summed E-state index contributed by atoms with van der Waals surface area (Å²) in [7, 11) is 0. The van der Waals surface area contributed by atoms with Crippen molar-refractivity contribution in [1.82, 2.24) is 5.43 Å². The average molecular weight is 401 g/mol. The molecule has 0 radical (unpaired) electrons. The Morgan fingerprint density at radius 2 is 1.60 bits per heavy atom. The van der Waals surface area contributed by atoms with Gasteiger partial charge in [-0.1, -0.05) is 58.4 Å². The highest BCUT2D eigenvalue weighted by Crippen LogP contribution is 2.52. The molecule has 0 aromatic heterocycles. The lowest BCUT2D eigenvalue weighted by Gasteiger charge is -2.00. The monoisotopic (exact) mass is 400 g/mol. The van der Waals surface area contributed by atoms with Gasteiger partial charge in [0, 0.05) is 16.0 Å². The molecule has 1 saturated carbocycles. The molecule has 0 saturated heterocycles. The van der Waals surface area contributed by atoms with E-state index >= 15 is 0 Å². The molecule has 1 fully saturated rings. The summed E-state index contributed by atoms with van der Waals surface area (Å²) in [5.74, 6) is 1.22. The summed E-state index contributed by atoms with van der Waals surface area (Å²) in [4.78, 5) is 12.5. The zero-order valence-corrected chi connectivity index (χ0v) is 16.0. The van der Waals surface area contributed by atoms with Crippen LogP contribution in [0.15, 0.2) is 58.1 Å². The summed E-state index contributed by atoms with van der Waals surface area (Å²) < 4.78 is 0.972. The van der Waals surface area contributed by atoms with Crippen molar-refractivity contribution in [3.63, 3.8) is 0 Å². The van der Waals surface area contributed by atoms with Crippen LogP contribution in [-0.2, 0) is 4.79 Å². The molecule has 1 aromatic rings. The Bertz CT molecular complexity index is 656. The van der Waals surface area contributed by atoms with Crippen molar-refractivity contribution in [3.8, 4) is 0 Å². The van der Waals surface area contributed by atoms with Crippen molar-refractivity contribution in [2.24, 2.45) is 22.9 Å². The Morgan fingerprint density at radius 1 is 1.00 bits per heavy atom. The van der Waals surface area contributed by atoms with Gasteiger partial charge in [-0.3, -0.25) is 4.79 Å². The topological polar surface area (TPSA) is 41.5 Å². The maximum absolute atomic E-state index is 12.5. The highest BCUT2D eigenvalue weighted by atomic mass is 79.9. The second-order valence-electron chi connectivity index (χ2n) is 6.78. The van der Waals surface area contributed by atoms with Gasteiger partial charge in [-0.2, -0.15) is 5.10 Å². The van der Waals surface area contributed by atoms with Gasteiger partial charge in [0.05, 0.1) is 6.21 Å². The van der Waals surface area contributed by atoms with Crippen LogP contribution in [0.25, 0.3) is 0 Å². The van der Waals surface area contributed by atoms with Crippen molar-refractivity contribution in [2.75, 3.05) is 0 Å². The van der Waals surface area contributed by atoms with E-state index in [0.717, 1.165) is 48.6 Å². The maximum atomic E-state index is 12.5. The minimum Gasteiger partial charge on any atom is -0.273 e. The molecule has 1 amide bonds. The number of nitrogens with zero attached hydrogens (tertiary/aromatic N) is 1. The molecular formula is C21H25BrN2O. The molecule has 2 atom stereocenters. The summed E-state index contributed by atoms with van der Waals surface area (Å²) in [5, 5.41) is 4.15. The number of amides is 1. The second kappa shape index (κ2) is 9.14. The van der Waals surface area contributed by atoms with Gasteiger partial charge in [0.1, 0.15) is 0 Å². The van der Waals surface area contributed by atoms with E-state index in [-0.39, 0.29) is 11.8 Å². The summed E-state index contributed by atoms with van der Waals surface area (Å²) in [6.45, 7) is 0. The molecule has 25 heavy (non-hydrogen) atoms. The minimum atomic E-state index is 0.0705. The summed E-state index contributed by atoms with van der Waals surface area (Å²) in [6.07, 6.45) is 17.4. The van der Waals surface area contributed by atoms with Crippen LogP contribution in [0.4, 0.5) is 0 Å². The molecule has 0 heterocycles. The average Bonchev–Trinajstić information content (AvgIpc) is 3.29. The fourth-order valence-corrected chi connectivity index (χ4v) is 4.07. The molecule has 4 heteroatoms. The molecule has 1 aromatic carbocycles. The first-order chi connectivity index (χ1) is 12.3. The number of benzene rings is 1. The lowest BCUT2D eigenvalue weighted by molar-refractivity contribution is -0.122. The molecule has 0 aliphatic heterocycles. The summed E-state index contributed by atoms with van der Waals surface area (Å²) >= 11 is 3.48. The number of hydrogen-bond acceptors (Lipinski definition) is 2. The highest BCUT2D eigenvalue weighted by Gasteiger charge is 2.52. The minimum absolute atomic E-state index is 0.0705. The predicted octanol–water partition coefficient (Wildman–Crippen LogP) is 5.23. The Labute approximate surface area is 158 Å². The lowest BCUT2D eigenvalue weighted by atomic mass is 10.1. The van der Waals surface area contributed by atoms with E-state index < -0.39 is 0 Å². The first-order valence-corrected chi connectivity index (χ1v) is 9.94. The quantitative estimate of drug-likeness (QED) is 0.421. The first-order valence-electron chi connectivity index (χ1n) is 9.15. The normalized spacial score (nSPS) is 26.5. The third kappa shape index (κ3) is 5.15. The van der Waals surface area contributed by atoms with E-state index in [9.17, 15) is 4.79 Å². The Hall–Kier alpha value is -1.68. The fourth-order valence-electron chi connectivity index (χ4n) is 3.68. The number of hydrogen-bond donors (Lipinski definition) is 1. The molecule has 132 valence electrons.